The zero-order valence-corrected chi connectivity index (χ0v) is 21.1. The van der Waals surface area contributed by atoms with Gasteiger partial charge in [0.05, 0.1) is 11.1 Å². The van der Waals surface area contributed by atoms with Crippen molar-refractivity contribution in [1.82, 2.24) is 0 Å². The molecule has 0 bridgehead atoms. The van der Waals surface area contributed by atoms with Crippen molar-refractivity contribution in [2.24, 2.45) is 0 Å². The molecule has 6 heteroatoms. The molecule has 2 N–H and O–H groups in total. The lowest BCUT2D eigenvalue weighted by Crippen LogP contribution is -1.94. The van der Waals surface area contributed by atoms with Gasteiger partial charge in [-0.2, -0.15) is 0 Å². The van der Waals surface area contributed by atoms with E-state index in [1.165, 1.54) is 32.0 Å². The zero-order chi connectivity index (χ0) is 24.7. The van der Waals surface area contributed by atoms with E-state index in [9.17, 15) is 19.8 Å². The summed E-state index contributed by atoms with van der Waals surface area (Å²) in [7, 11) is 0. The summed E-state index contributed by atoms with van der Waals surface area (Å²) in [6.45, 7) is 4.32. The molecule has 4 nitrogen and oxygen atoms in total. The van der Waals surface area contributed by atoms with Crippen LogP contribution in [0, 0.1) is 13.8 Å². The molecule has 1 aliphatic rings. The van der Waals surface area contributed by atoms with Gasteiger partial charge in [0.15, 0.2) is 0 Å². The molecule has 0 aliphatic heterocycles. The van der Waals surface area contributed by atoms with Crippen molar-refractivity contribution in [3.63, 3.8) is 0 Å². The van der Waals surface area contributed by atoms with Crippen LogP contribution in [0.5, 0.6) is 0 Å². The fraction of sp³-hybridized carbons (Fsp3) is 0.172. The van der Waals surface area contributed by atoms with E-state index >= 15 is 0 Å². The number of thiophene rings is 2. The Hall–Kier alpha value is -3.48. The Balaban J connectivity index is 1.50. The average Bonchev–Trinajstić information content (AvgIpc) is 3.57. The van der Waals surface area contributed by atoms with E-state index in [0.29, 0.717) is 11.1 Å². The molecule has 0 atom stereocenters. The molecule has 35 heavy (non-hydrogen) atoms. The van der Waals surface area contributed by atoms with Gasteiger partial charge in [-0.1, -0.05) is 24.3 Å². The van der Waals surface area contributed by atoms with Crippen molar-refractivity contribution in [2.45, 2.75) is 33.1 Å². The maximum atomic E-state index is 11.2. The second kappa shape index (κ2) is 9.29. The first kappa shape index (κ1) is 23.3. The highest BCUT2D eigenvalue weighted by atomic mass is 32.1. The summed E-state index contributed by atoms with van der Waals surface area (Å²) in [5.41, 5.74) is 8.05. The topological polar surface area (TPSA) is 74.6 Å². The minimum atomic E-state index is -0.913. The third-order valence-corrected chi connectivity index (χ3v) is 8.74. The lowest BCUT2D eigenvalue weighted by molar-refractivity contribution is 0.0686. The molecule has 2 heterocycles. The Morgan fingerprint density at radius 1 is 0.657 bits per heavy atom. The largest absolute Gasteiger partial charge is 0.478 e. The monoisotopic (exact) mass is 500 g/mol. The van der Waals surface area contributed by atoms with Gasteiger partial charge in [-0.3, -0.25) is 0 Å². The molecule has 176 valence electrons. The van der Waals surface area contributed by atoms with Gasteiger partial charge in [0.1, 0.15) is 0 Å². The maximum absolute atomic E-state index is 11.2. The molecular formula is C29H24O4S2. The van der Waals surface area contributed by atoms with E-state index in [0.717, 1.165) is 40.1 Å². The van der Waals surface area contributed by atoms with Crippen molar-refractivity contribution >= 4 is 45.8 Å². The van der Waals surface area contributed by atoms with Crippen LogP contribution in [0.4, 0.5) is 0 Å². The van der Waals surface area contributed by atoms with Crippen LogP contribution in [0.15, 0.2) is 60.7 Å². The highest BCUT2D eigenvalue weighted by Gasteiger charge is 2.23. The summed E-state index contributed by atoms with van der Waals surface area (Å²) in [6, 6.07) is 18.7. The Labute approximate surface area is 211 Å². The maximum Gasteiger partial charge on any atom is 0.335 e. The minimum absolute atomic E-state index is 0.296. The first-order valence-corrected chi connectivity index (χ1v) is 13.1. The van der Waals surface area contributed by atoms with Gasteiger partial charge >= 0.3 is 11.9 Å². The summed E-state index contributed by atoms with van der Waals surface area (Å²) in [5.74, 6) is -1.83. The molecule has 5 rings (SSSR count). The van der Waals surface area contributed by atoms with Crippen LogP contribution in [0.25, 0.3) is 32.0 Å². The van der Waals surface area contributed by atoms with Gasteiger partial charge in [-0.25, -0.2) is 9.59 Å². The summed E-state index contributed by atoms with van der Waals surface area (Å²) < 4.78 is 0. The Bertz CT molecular complexity index is 1360. The van der Waals surface area contributed by atoms with Gasteiger partial charge in [-0.05, 0) is 103 Å². The summed E-state index contributed by atoms with van der Waals surface area (Å²) in [4.78, 5) is 27.2. The van der Waals surface area contributed by atoms with Crippen LogP contribution in [-0.2, 0) is 0 Å². The Morgan fingerprint density at radius 3 is 1.37 bits per heavy atom. The third-order valence-electron chi connectivity index (χ3n) is 6.54. The Kier molecular flexibility index (Phi) is 6.17. The van der Waals surface area contributed by atoms with E-state index in [4.69, 9.17) is 0 Å². The number of hydrogen-bond donors (Lipinski definition) is 2. The quantitative estimate of drug-likeness (QED) is 0.279. The molecule has 0 amide bonds. The number of benzene rings is 2. The molecule has 0 radical (unpaired) electrons. The van der Waals surface area contributed by atoms with Crippen molar-refractivity contribution in [3.8, 4) is 20.9 Å². The normalized spacial score (nSPS) is 13.4. The number of carboxylic acid groups (broad SMARTS) is 2. The third kappa shape index (κ3) is 4.47. The highest BCUT2D eigenvalue weighted by molar-refractivity contribution is 7.16. The molecule has 0 unspecified atom stereocenters. The molecule has 2 aromatic carbocycles. The Morgan fingerprint density at radius 2 is 1.03 bits per heavy atom. The average molecular weight is 501 g/mol. The van der Waals surface area contributed by atoms with Crippen LogP contribution in [0.2, 0.25) is 0 Å². The fourth-order valence-electron chi connectivity index (χ4n) is 4.74. The van der Waals surface area contributed by atoms with Gasteiger partial charge < -0.3 is 10.2 Å². The predicted molar refractivity (Wildman–Crippen MR) is 144 cm³/mol. The molecule has 0 fully saturated rings. The summed E-state index contributed by atoms with van der Waals surface area (Å²) >= 11 is 3.50. The van der Waals surface area contributed by atoms with Crippen molar-refractivity contribution in [3.05, 3.63) is 92.7 Å². The standard InChI is InChI=1S/C29H24O4S2/c1-16-24(14-26(34-16)18-6-10-20(11-7-18)28(30)31)22-4-3-5-23(22)25-15-27(35-17(25)2)19-8-12-21(13-9-19)29(32)33/h6-15H,3-5H2,1-2H3,(H,30,31)(H,32,33). The van der Waals surface area contributed by atoms with Crippen molar-refractivity contribution < 1.29 is 19.8 Å². The number of rotatable bonds is 6. The van der Waals surface area contributed by atoms with Crippen LogP contribution in [-0.4, -0.2) is 22.2 Å². The number of carbonyl (C=O) groups is 2. The van der Waals surface area contributed by atoms with Crippen LogP contribution in [0.1, 0.15) is 60.9 Å². The smallest absolute Gasteiger partial charge is 0.335 e. The second-order valence-electron chi connectivity index (χ2n) is 8.74. The van der Waals surface area contributed by atoms with E-state index in [1.54, 1.807) is 46.9 Å². The van der Waals surface area contributed by atoms with Crippen molar-refractivity contribution in [2.75, 3.05) is 0 Å². The van der Waals surface area contributed by atoms with Gasteiger partial charge in [0.2, 0.25) is 0 Å². The van der Waals surface area contributed by atoms with E-state index < -0.39 is 11.9 Å². The molecule has 0 spiro atoms. The zero-order valence-electron chi connectivity index (χ0n) is 19.4. The van der Waals surface area contributed by atoms with Crippen LogP contribution >= 0.6 is 22.7 Å². The predicted octanol–water partition coefficient (Wildman–Crippen LogP) is 8.25. The molecule has 1 aliphatic carbocycles. The van der Waals surface area contributed by atoms with Gasteiger partial charge in [0, 0.05) is 19.5 Å². The van der Waals surface area contributed by atoms with E-state index in [1.807, 2.05) is 24.3 Å². The number of aromatic carboxylic acids is 2. The lowest BCUT2D eigenvalue weighted by Gasteiger charge is -2.07. The van der Waals surface area contributed by atoms with Crippen LogP contribution < -0.4 is 0 Å². The number of hydrogen-bond acceptors (Lipinski definition) is 4. The number of aryl methyl sites for hydroxylation is 2. The number of carboxylic acids is 2. The van der Waals surface area contributed by atoms with E-state index in [-0.39, 0.29) is 0 Å². The molecule has 0 saturated carbocycles. The molecule has 4 aromatic rings. The first-order chi connectivity index (χ1) is 16.8. The first-order valence-electron chi connectivity index (χ1n) is 11.4. The molecular weight excluding hydrogens is 476 g/mol. The highest BCUT2D eigenvalue weighted by Crippen LogP contribution is 2.47. The molecule has 0 saturated heterocycles. The SMILES string of the molecule is Cc1sc(-c2ccc(C(=O)O)cc2)cc1C1=C(c2cc(-c3ccc(C(=O)O)cc3)sc2C)CCC1. The van der Waals surface area contributed by atoms with E-state index in [2.05, 4.69) is 26.0 Å². The second-order valence-corrected chi connectivity index (χ2v) is 11.2. The summed E-state index contributed by atoms with van der Waals surface area (Å²) in [5, 5.41) is 18.4. The van der Waals surface area contributed by atoms with Gasteiger partial charge in [0.25, 0.3) is 0 Å². The minimum Gasteiger partial charge on any atom is -0.478 e. The number of allylic oxidation sites excluding steroid dienone is 2. The summed E-state index contributed by atoms with van der Waals surface area (Å²) in [6.07, 6.45) is 3.21. The molecule has 2 aromatic heterocycles. The van der Waals surface area contributed by atoms with Crippen molar-refractivity contribution in [1.29, 1.82) is 0 Å². The lowest BCUT2D eigenvalue weighted by atomic mass is 9.96. The fourth-order valence-corrected chi connectivity index (χ4v) is 6.85. The van der Waals surface area contributed by atoms with Crippen LogP contribution in [0.3, 0.4) is 0 Å². The van der Waals surface area contributed by atoms with Gasteiger partial charge in [-0.15, -0.1) is 22.7 Å².